The second-order valence-corrected chi connectivity index (χ2v) is 9.38. The first-order valence-corrected chi connectivity index (χ1v) is 12.5. The third kappa shape index (κ3) is 5.69. The lowest BCUT2D eigenvalue weighted by atomic mass is 10.1. The first-order valence-electron chi connectivity index (χ1n) is 12.5. The van der Waals surface area contributed by atoms with Crippen molar-refractivity contribution in [2.24, 2.45) is 0 Å². The van der Waals surface area contributed by atoms with E-state index in [2.05, 4.69) is 20.6 Å². The lowest BCUT2D eigenvalue weighted by molar-refractivity contribution is -0.127. The van der Waals surface area contributed by atoms with Crippen molar-refractivity contribution in [1.82, 2.24) is 25.1 Å². The molecule has 10 nitrogen and oxygen atoms in total. The second kappa shape index (κ2) is 10.9. The van der Waals surface area contributed by atoms with Crippen molar-refractivity contribution >= 4 is 34.6 Å². The Morgan fingerprint density at radius 2 is 1.84 bits per heavy atom. The number of carbonyl (C=O) groups excluding carboxylic acids is 3. The van der Waals surface area contributed by atoms with Gasteiger partial charge >= 0.3 is 6.03 Å². The van der Waals surface area contributed by atoms with Crippen LogP contribution in [0.1, 0.15) is 28.9 Å². The predicted molar refractivity (Wildman–Crippen MR) is 138 cm³/mol. The molecule has 2 aliphatic rings. The van der Waals surface area contributed by atoms with E-state index in [0.29, 0.717) is 29.9 Å². The van der Waals surface area contributed by atoms with Crippen molar-refractivity contribution < 1.29 is 19.1 Å². The first-order chi connectivity index (χ1) is 18.0. The molecule has 3 aromatic rings. The molecule has 2 N–H and O–H groups in total. The van der Waals surface area contributed by atoms with Crippen molar-refractivity contribution in [3.8, 4) is 0 Å². The quantitative estimate of drug-likeness (QED) is 0.554. The maximum atomic E-state index is 13.5. The lowest BCUT2D eigenvalue weighted by Crippen LogP contribution is -2.62. The maximum absolute atomic E-state index is 13.5. The molecule has 0 aliphatic carbocycles. The number of rotatable bonds is 5. The number of para-hydroxylation sites is 2. The molecule has 2 saturated heterocycles. The molecule has 10 heteroatoms. The Morgan fingerprint density at radius 1 is 1.05 bits per heavy atom. The Kier molecular flexibility index (Phi) is 7.27. The van der Waals surface area contributed by atoms with Gasteiger partial charge in [-0.25, -0.2) is 9.78 Å². The zero-order chi connectivity index (χ0) is 25.8. The molecular formula is C27H30N6O4. The van der Waals surface area contributed by atoms with E-state index in [-0.39, 0.29) is 43.4 Å². The number of aromatic nitrogens is 2. The first kappa shape index (κ1) is 24.6. The van der Waals surface area contributed by atoms with Gasteiger partial charge in [-0.05, 0) is 44.0 Å². The molecule has 2 unspecified atom stereocenters. The standard InChI is InChI=1S/C27H30N6O4/c1-18-8-10-19(11-9-18)30-27(36)32-12-13-33(24(17-32)25(34)29-15-20-5-4-14-37-20)26(35)23-16-28-21-6-2-3-7-22(21)31-23/h2-3,6-11,16,20,24H,4-5,12-15,17H2,1H3,(H,29,34)(H,30,36). The van der Waals surface area contributed by atoms with Crippen LogP contribution in [0.4, 0.5) is 10.5 Å². The molecule has 192 valence electrons. The van der Waals surface area contributed by atoms with Crippen molar-refractivity contribution in [2.75, 3.05) is 38.1 Å². The van der Waals surface area contributed by atoms with Gasteiger partial charge in [-0.3, -0.25) is 14.6 Å². The van der Waals surface area contributed by atoms with E-state index in [4.69, 9.17) is 4.74 Å². The zero-order valence-corrected chi connectivity index (χ0v) is 20.7. The number of hydrogen-bond acceptors (Lipinski definition) is 6. The van der Waals surface area contributed by atoms with Gasteiger partial charge in [0, 0.05) is 31.9 Å². The molecule has 2 aliphatic heterocycles. The number of fused-ring (bicyclic) bond motifs is 1. The number of aryl methyl sites for hydroxylation is 1. The van der Waals surface area contributed by atoms with Crippen LogP contribution in [0.15, 0.2) is 54.7 Å². The highest BCUT2D eigenvalue weighted by atomic mass is 16.5. The fraction of sp³-hybridized carbons (Fsp3) is 0.370. The number of piperazine rings is 1. The number of benzene rings is 2. The van der Waals surface area contributed by atoms with Gasteiger partial charge in [0.05, 0.1) is 29.9 Å². The average molecular weight is 503 g/mol. The van der Waals surface area contributed by atoms with Crippen LogP contribution < -0.4 is 10.6 Å². The molecular weight excluding hydrogens is 472 g/mol. The van der Waals surface area contributed by atoms with E-state index in [0.717, 1.165) is 18.4 Å². The van der Waals surface area contributed by atoms with Crippen LogP contribution in [0.2, 0.25) is 0 Å². The van der Waals surface area contributed by atoms with Crippen LogP contribution in [0.25, 0.3) is 11.0 Å². The summed E-state index contributed by atoms with van der Waals surface area (Å²) in [4.78, 5) is 51.7. The molecule has 4 amide bonds. The Morgan fingerprint density at radius 3 is 2.59 bits per heavy atom. The summed E-state index contributed by atoms with van der Waals surface area (Å²) in [7, 11) is 0. The SMILES string of the molecule is Cc1ccc(NC(=O)N2CCN(C(=O)c3cnc4ccccc4n3)C(C(=O)NCC3CCCO3)C2)cc1. The Balaban J connectivity index is 1.33. The smallest absolute Gasteiger partial charge is 0.321 e. The van der Waals surface area contributed by atoms with E-state index in [1.165, 1.54) is 11.1 Å². The number of anilines is 1. The minimum atomic E-state index is -0.875. The summed E-state index contributed by atoms with van der Waals surface area (Å²) in [6.07, 6.45) is 3.24. The van der Waals surface area contributed by atoms with Gasteiger partial charge in [0.1, 0.15) is 11.7 Å². The predicted octanol–water partition coefficient (Wildman–Crippen LogP) is 2.59. The number of hydrogen-bond donors (Lipinski definition) is 2. The van der Waals surface area contributed by atoms with Crippen LogP contribution in [0.5, 0.6) is 0 Å². The van der Waals surface area contributed by atoms with Gasteiger partial charge in [0.15, 0.2) is 0 Å². The summed E-state index contributed by atoms with van der Waals surface area (Å²) in [6, 6.07) is 13.6. The van der Waals surface area contributed by atoms with Crippen molar-refractivity contribution in [3.05, 3.63) is 66.0 Å². The monoisotopic (exact) mass is 502 g/mol. The zero-order valence-electron chi connectivity index (χ0n) is 20.7. The number of nitrogens with one attached hydrogen (secondary N) is 2. The van der Waals surface area contributed by atoms with Gasteiger partial charge in [-0.15, -0.1) is 0 Å². The largest absolute Gasteiger partial charge is 0.376 e. The molecule has 2 atom stereocenters. The van der Waals surface area contributed by atoms with E-state index in [9.17, 15) is 14.4 Å². The van der Waals surface area contributed by atoms with Gasteiger partial charge in [-0.2, -0.15) is 0 Å². The van der Waals surface area contributed by atoms with E-state index in [1.54, 1.807) is 11.0 Å². The van der Waals surface area contributed by atoms with Gasteiger partial charge in [-0.1, -0.05) is 29.8 Å². The van der Waals surface area contributed by atoms with Crippen LogP contribution in [0, 0.1) is 6.92 Å². The Labute approximate surface area is 215 Å². The summed E-state index contributed by atoms with van der Waals surface area (Å²) in [5, 5.41) is 5.80. The topological polar surface area (TPSA) is 117 Å². The van der Waals surface area contributed by atoms with Gasteiger partial charge in [0.25, 0.3) is 5.91 Å². The molecule has 0 radical (unpaired) electrons. The lowest BCUT2D eigenvalue weighted by Gasteiger charge is -2.40. The Hall–Kier alpha value is -4.05. The highest BCUT2D eigenvalue weighted by Gasteiger charge is 2.38. The summed E-state index contributed by atoms with van der Waals surface area (Å²) >= 11 is 0. The molecule has 1 aromatic heterocycles. The summed E-state index contributed by atoms with van der Waals surface area (Å²) in [5.74, 6) is -0.723. The molecule has 3 heterocycles. The molecule has 0 spiro atoms. The van der Waals surface area contributed by atoms with Gasteiger partial charge in [0.2, 0.25) is 5.91 Å². The fourth-order valence-corrected chi connectivity index (χ4v) is 4.62. The van der Waals surface area contributed by atoms with Crippen LogP contribution in [-0.4, -0.2) is 82.5 Å². The molecule has 5 rings (SSSR count). The van der Waals surface area contributed by atoms with Crippen LogP contribution in [-0.2, 0) is 9.53 Å². The number of ether oxygens (including phenoxy) is 1. The minimum Gasteiger partial charge on any atom is -0.376 e. The normalized spacial score (nSPS) is 19.6. The second-order valence-electron chi connectivity index (χ2n) is 9.38. The third-order valence-electron chi connectivity index (χ3n) is 6.73. The highest BCUT2D eigenvalue weighted by molar-refractivity contribution is 5.98. The number of urea groups is 1. The third-order valence-corrected chi connectivity index (χ3v) is 6.73. The van der Waals surface area contributed by atoms with Crippen molar-refractivity contribution in [2.45, 2.75) is 31.9 Å². The molecule has 0 saturated carbocycles. The van der Waals surface area contributed by atoms with Crippen molar-refractivity contribution in [1.29, 1.82) is 0 Å². The van der Waals surface area contributed by atoms with E-state index < -0.39 is 11.9 Å². The number of carbonyl (C=O) groups is 3. The van der Waals surface area contributed by atoms with E-state index in [1.807, 2.05) is 49.4 Å². The van der Waals surface area contributed by atoms with Gasteiger partial charge < -0.3 is 25.2 Å². The average Bonchev–Trinajstić information content (AvgIpc) is 3.46. The number of nitrogens with zero attached hydrogens (tertiary/aromatic N) is 4. The van der Waals surface area contributed by atoms with Crippen molar-refractivity contribution in [3.63, 3.8) is 0 Å². The van der Waals surface area contributed by atoms with E-state index >= 15 is 0 Å². The van der Waals surface area contributed by atoms with Crippen LogP contribution in [0.3, 0.4) is 0 Å². The van der Waals surface area contributed by atoms with Crippen LogP contribution >= 0.6 is 0 Å². The minimum absolute atomic E-state index is 0.0380. The molecule has 37 heavy (non-hydrogen) atoms. The summed E-state index contributed by atoms with van der Waals surface area (Å²) in [5.41, 5.74) is 3.20. The highest BCUT2D eigenvalue weighted by Crippen LogP contribution is 2.18. The maximum Gasteiger partial charge on any atom is 0.321 e. The fourth-order valence-electron chi connectivity index (χ4n) is 4.62. The summed E-state index contributed by atoms with van der Waals surface area (Å²) < 4.78 is 5.62. The summed E-state index contributed by atoms with van der Waals surface area (Å²) in [6.45, 7) is 3.54. The molecule has 0 bridgehead atoms. The Bertz CT molecular complexity index is 1290. The molecule has 2 fully saturated rings. The number of amides is 4. The molecule has 2 aromatic carbocycles.